The van der Waals surface area contributed by atoms with Crippen molar-refractivity contribution in [3.63, 3.8) is 0 Å². The summed E-state index contributed by atoms with van der Waals surface area (Å²) in [6.45, 7) is 1.86. The molecule has 0 radical (unpaired) electrons. The number of carboxylic acids is 1. The van der Waals surface area contributed by atoms with Gasteiger partial charge >= 0.3 is 12.1 Å². The molecular formula is C26H23BrN2O5. The van der Waals surface area contributed by atoms with Gasteiger partial charge in [-0.2, -0.15) is 0 Å². The maximum absolute atomic E-state index is 12.5. The molecule has 0 saturated carbocycles. The summed E-state index contributed by atoms with van der Waals surface area (Å²) in [4.78, 5) is 36.3. The van der Waals surface area contributed by atoms with E-state index < -0.39 is 23.9 Å². The fourth-order valence-corrected chi connectivity index (χ4v) is 4.40. The van der Waals surface area contributed by atoms with Gasteiger partial charge in [0.1, 0.15) is 6.61 Å². The predicted octanol–water partition coefficient (Wildman–Crippen LogP) is 5.26. The molecule has 1 unspecified atom stereocenters. The first-order chi connectivity index (χ1) is 16.3. The number of anilines is 1. The van der Waals surface area contributed by atoms with Gasteiger partial charge in [0.25, 0.3) is 0 Å². The molecular weight excluding hydrogens is 500 g/mol. The molecule has 174 valence electrons. The minimum absolute atomic E-state index is 0.0283. The number of nitrogens with one attached hydrogen (secondary N) is 2. The lowest BCUT2D eigenvalue weighted by molar-refractivity contribution is -0.119. The molecule has 0 aliphatic heterocycles. The van der Waals surface area contributed by atoms with Gasteiger partial charge in [0.05, 0.1) is 17.2 Å². The number of ether oxygens (including phenoxy) is 1. The van der Waals surface area contributed by atoms with Crippen LogP contribution in [0.25, 0.3) is 11.1 Å². The van der Waals surface area contributed by atoms with Crippen molar-refractivity contribution in [2.24, 2.45) is 5.92 Å². The molecule has 1 aliphatic rings. The summed E-state index contributed by atoms with van der Waals surface area (Å²) in [7, 11) is 0. The maximum Gasteiger partial charge on any atom is 0.407 e. The van der Waals surface area contributed by atoms with Crippen LogP contribution < -0.4 is 10.6 Å². The Hall–Kier alpha value is -3.65. The molecule has 3 N–H and O–H groups in total. The second-order valence-electron chi connectivity index (χ2n) is 8.09. The first kappa shape index (κ1) is 23.5. The number of carbonyl (C=O) groups excluding carboxylic acids is 2. The number of hydrogen-bond donors (Lipinski definition) is 3. The van der Waals surface area contributed by atoms with Crippen LogP contribution in [0.1, 0.15) is 34.3 Å². The average molecular weight is 523 g/mol. The smallest absolute Gasteiger partial charge is 0.407 e. The number of rotatable bonds is 7. The number of amides is 2. The van der Waals surface area contributed by atoms with Crippen LogP contribution in [-0.2, 0) is 9.53 Å². The van der Waals surface area contributed by atoms with E-state index in [4.69, 9.17) is 4.74 Å². The van der Waals surface area contributed by atoms with Gasteiger partial charge in [0, 0.05) is 16.9 Å². The lowest BCUT2D eigenvalue weighted by Crippen LogP contribution is -2.35. The molecule has 4 rings (SSSR count). The Bertz CT molecular complexity index is 1210. The van der Waals surface area contributed by atoms with Crippen LogP contribution in [0.15, 0.2) is 71.2 Å². The summed E-state index contributed by atoms with van der Waals surface area (Å²) in [6, 6.07) is 20.7. The second-order valence-corrected chi connectivity index (χ2v) is 9.01. The van der Waals surface area contributed by atoms with E-state index in [0.717, 1.165) is 22.3 Å². The summed E-state index contributed by atoms with van der Waals surface area (Å²) in [5.74, 6) is -2.22. The Labute approximate surface area is 205 Å². The SMILES string of the molecule is CC(CNC(=O)OCC1c2ccccc2-c2ccccc21)C(=O)Nc1ccc(Br)cc1C(=O)O. The number of alkyl carbamates (subject to hydrolysis) is 1. The van der Waals surface area contributed by atoms with Gasteiger partial charge in [-0.3, -0.25) is 4.79 Å². The molecule has 3 aromatic rings. The molecule has 2 amide bonds. The van der Waals surface area contributed by atoms with Crippen molar-refractivity contribution in [1.29, 1.82) is 0 Å². The van der Waals surface area contributed by atoms with E-state index in [1.54, 1.807) is 13.0 Å². The number of fused-ring (bicyclic) bond motifs is 3. The number of carbonyl (C=O) groups is 3. The van der Waals surface area contributed by atoms with E-state index in [0.29, 0.717) is 4.47 Å². The minimum Gasteiger partial charge on any atom is -0.478 e. The van der Waals surface area contributed by atoms with Crippen molar-refractivity contribution in [2.75, 3.05) is 18.5 Å². The summed E-state index contributed by atoms with van der Waals surface area (Å²) >= 11 is 3.22. The zero-order valence-electron chi connectivity index (χ0n) is 18.4. The number of aromatic carboxylic acids is 1. The molecule has 34 heavy (non-hydrogen) atoms. The van der Waals surface area contributed by atoms with E-state index in [9.17, 15) is 19.5 Å². The summed E-state index contributed by atoms with van der Waals surface area (Å²) < 4.78 is 6.08. The molecule has 0 fully saturated rings. The Morgan fingerprint density at radius 2 is 1.62 bits per heavy atom. The molecule has 0 bridgehead atoms. The van der Waals surface area contributed by atoms with E-state index in [2.05, 4.69) is 38.7 Å². The zero-order chi connectivity index (χ0) is 24.2. The summed E-state index contributed by atoms with van der Waals surface area (Å²) in [6.07, 6.45) is -0.614. The predicted molar refractivity (Wildman–Crippen MR) is 132 cm³/mol. The minimum atomic E-state index is -1.15. The Morgan fingerprint density at radius 3 is 2.24 bits per heavy atom. The van der Waals surface area contributed by atoms with E-state index in [1.165, 1.54) is 12.1 Å². The molecule has 0 saturated heterocycles. The number of hydrogen-bond acceptors (Lipinski definition) is 4. The third kappa shape index (κ3) is 4.97. The van der Waals surface area contributed by atoms with Gasteiger partial charge in [-0.25, -0.2) is 9.59 Å². The van der Waals surface area contributed by atoms with Crippen LogP contribution in [0.2, 0.25) is 0 Å². The molecule has 0 heterocycles. The topological polar surface area (TPSA) is 105 Å². The van der Waals surface area contributed by atoms with Crippen molar-refractivity contribution in [2.45, 2.75) is 12.8 Å². The molecule has 1 aliphatic carbocycles. The quantitative estimate of drug-likeness (QED) is 0.392. The fraction of sp³-hybridized carbons (Fsp3) is 0.192. The maximum atomic E-state index is 12.5. The van der Waals surface area contributed by atoms with E-state index in [-0.39, 0.29) is 30.3 Å². The van der Waals surface area contributed by atoms with Crippen molar-refractivity contribution in [3.05, 3.63) is 87.9 Å². The third-order valence-corrected chi connectivity index (χ3v) is 6.31. The standard InChI is InChI=1S/C26H23BrN2O5/c1-15(24(30)29-23-11-10-16(27)12-21(23)25(31)32)13-28-26(33)34-14-22-19-8-4-2-6-17(19)18-7-3-5-9-20(18)22/h2-12,15,22H,13-14H2,1H3,(H,28,33)(H,29,30)(H,31,32). The fourth-order valence-electron chi connectivity index (χ4n) is 4.04. The van der Waals surface area contributed by atoms with Crippen LogP contribution in [0.4, 0.5) is 10.5 Å². The highest BCUT2D eigenvalue weighted by atomic mass is 79.9. The molecule has 7 nitrogen and oxygen atoms in total. The molecule has 3 aromatic carbocycles. The van der Waals surface area contributed by atoms with Crippen molar-refractivity contribution in [3.8, 4) is 11.1 Å². The van der Waals surface area contributed by atoms with Crippen molar-refractivity contribution in [1.82, 2.24) is 5.32 Å². The summed E-state index contributed by atoms with van der Waals surface area (Å²) in [5, 5.41) is 14.6. The van der Waals surface area contributed by atoms with E-state index >= 15 is 0 Å². The Kier molecular flexibility index (Phi) is 6.98. The highest BCUT2D eigenvalue weighted by molar-refractivity contribution is 9.10. The largest absolute Gasteiger partial charge is 0.478 e. The Morgan fingerprint density at radius 1 is 1.00 bits per heavy atom. The van der Waals surface area contributed by atoms with Crippen LogP contribution >= 0.6 is 15.9 Å². The Balaban J connectivity index is 1.32. The molecule has 8 heteroatoms. The van der Waals surface area contributed by atoms with Gasteiger partial charge < -0.3 is 20.5 Å². The van der Waals surface area contributed by atoms with Gasteiger partial charge in [-0.05, 0) is 40.5 Å². The number of benzene rings is 3. The van der Waals surface area contributed by atoms with E-state index in [1.807, 2.05) is 36.4 Å². The first-order valence-electron chi connectivity index (χ1n) is 10.8. The van der Waals surface area contributed by atoms with Crippen LogP contribution in [-0.4, -0.2) is 36.2 Å². The molecule has 1 atom stereocenters. The zero-order valence-corrected chi connectivity index (χ0v) is 20.0. The lowest BCUT2D eigenvalue weighted by atomic mass is 9.98. The third-order valence-electron chi connectivity index (χ3n) is 5.81. The van der Waals surface area contributed by atoms with Gasteiger partial charge in [-0.15, -0.1) is 0 Å². The average Bonchev–Trinajstić information content (AvgIpc) is 3.15. The number of halogens is 1. The van der Waals surface area contributed by atoms with Crippen molar-refractivity contribution >= 4 is 39.6 Å². The monoisotopic (exact) mass is 522 g/mol. The van der Waals surface area contributed by atoms with Crippen LogP contribution in [0.5, 0.6) is 0 Å². The lowest BCUT2D eigenvalue weighted by Gasteiger charge is -2.16. The van der Waals surface area contributed by atoms with Crippen molar-refractivity contribution < 1.29 is 24.2 Å². The second kappa shape index (κ2) is 10.1. The first-order valence-corrected chi connectivity index (χ1v) is 11.6. The molecule has 0 aromatic heterocycles. The van der Waals surface area contributed by atoms with Gasteiger partial charge in [0.15, 0.2) is 0 Å². The van der Waals surface area contributed by atoms with Crippen LogP contribution in [0, 0.1) is 5.92 Å². The summed E-state index contributed by atoms with van der Waals surface area (Å²) in [5.41, 5.74) is 4.69. The number of carboxylic acid groups (broad SMARTS) is 1. The molecule has 0 spiro atoms. The van der Waals surface area contributed by atoms with Gasteiger partial charge in [0.2, 0.25) is 5.91 Å². The highest BCUT2D eigenvalue weighted by Crippen LogP contribution is 2.44. The van der Waals surface area contributed by atoms with Crippen LogP contribution in [0.3, 0.4) is 0 Å². The van der Waals surface area contributed by atoms with Gasteiger partial charge in [-0.1, -0.05) is 71.4 Å². The highest BCUT2D eigenvalue weighted by Gasteiger charge is 2.29. The normalized spacial score (nSPS) is 12.9.